The van der Waals surface area contributed by atoms with Crippen LogP contribution in [0, 0.1) is 0 Å². The topological polar surface area (TPSA) is 67.2 Å². The van der Waals surface area contributed by atoms with Gasteiger partial charge in [0.15, 0.2) is 5.54 Å². The van der Waals surface area contributed by atoms with Crippen molar-refractivity contribution in [1.82, 2.24) is 15.1 Å². The van der Waals surface area contributed by atoms with Crippen LogP contribution in [0.2, 0.25) is 0 Å². The van der Waals surface area contributed by atoms with E-state index in [1.165, 1.54) is 0 Å². The Morgan fingerprint density at radius 2 is 2.11 bits per heavy atom. The first kappa shape index (κ1) is 15.0. The van der Waals surface area contributed by atoms with Gasteiger partial charge in [0.2, 0.25) is 0 Å². The zero-order chi connectivity index (χ0) is 12.5. The number of piperidine rings is 1. The molecule has 1 aromatic rings. The lowest BCUT2D eigenvalue weighted by atomic mass is 9.89. The molecule has 0 saturated carbocycles. The molecule has 1 saturated heterocycles. The monoisotopic (exact) mass is 273 g/mol. The van der Waals surface area contributed by atoms with Crippen LogP contribution in [0.4, 0.5) is 0 Å². The number of carboxylic acid groups (broad SMARTS) is 1. The number of halogens is 1. The van der Waals surface area contributed by atoms with Crippen molar-refractivity contribution >= 4 is 18.4 Å². The van der Waals surface area contributed by atoms with E-state index in [0.717, 1.165) is 18.8 Å². The van der Waals surface area contributed by atoms with Crippen LogP contribution in [0.25, 0.3) is 0 Å². The number of nitrogens with zero attached hydrogens (tertiary/aromatic N) is 2. The Labute approximate surface area is 113 Å². The Morgan fingerprint density at radius 3 is 2.56 bits per heavy atom. The van der Waals surface area contributed by atoms with Crippen molar-refractivity contribution in [2.75, 3.05) is 13.1 Å². The number of hydrogen-bond donors (Lipinski definition) is 2. The number of carbonyl (C=O) groups is 1. The fourth-order valence-corrected chi connectivity index (χ4v) is 2.27. The molecule has 1 aliphatic rings. The van der Waals surface area contributed by atoms with E-state index in [1.54, 1.807) is 10.9 Å². The minimum absolute atomic E-state index is 0. The van der Waals surface area contributed by atoms with Crippen molar-refractivity contribution in [3.8, 4) is 0 Å². The van der Waals surface area contributed by atoms with Gasteiger partial charge in [-0.2, -0.15) is 5.10 Å². The highest BCUT2D eigenvalue weighted by Gasteiger charge is 2.42. The average molecular weight is 274 g/mol. The predicted molar refractivity (Wildman–Crippen MR) is 71.3 cm³/mol. The Morgan fingerprint density at radius 1 is 1.50 bits per heavy atom. The highest BCUT2D eigenvalue weighted by molar-refractivity contribution is 5.85. The Balaban J connectivity index is 0.00000162. The largest absolute Gasteiger partial charge is 0.479 e. The third-order valence-corrected chi connectivity index (χ3v) is 3.47. The zero-order valence-electron chi connectivity index (χ0n) is 10.7. The maximum atomic E-state index is 11.6. The minimum Gasteiger partial charge on any atom is -0.479 e. The number of hydrogen-bond acceptors (Lipinski definition) is 3. The molecule has 0 aromatic carbocycles. The van der Waals surface area contributed by atoms with Gasteiger partial charge in [-0.05, 0) is 37.9 Å². The summed E-state index contributed by atoms with van der Waals surface area (Å²) in [6.07, 6.45) is 2.97. The van der Waals surface area contributed by atoms with E-state index in [2.05, 4.69) is 24.3 Å². The van der Waals surface area contributed by atoms with Crippen molar-refractivity contribution in [3.05, 3.63) is 18.0 Å². The molecule has 102 valence electrons. The molecule has 0 radical (unpaired) electrons. The van der Waals surface area contributed by atoms with Crippen LogP contribution >= 0.6 is 12.4 Å². The molecule has 0 bridgehead atoms. The minimum atomic E-state index is -0.863. The number of rotatable bonds is 3. The molecule has 2 N–H and O–H groups in total. The van der Waals surface area contributed by atoms with E-state index in [9.17, 15) is 9.90 Å². The second-order valence-corrected chi connectivity index (χ2v) is 4.93. The number of aliphatic carboxylic acids is 1. The van der Waals surface area contributed by atoms with Crippen molar-refractivity contribution < 1.29 is 9.90 Å². The Hall–Kier alpha value is -1.07. The van der Waals surface area contributed by atoms with Gasteiger partial charge in [0.25, 0.3) is 0 Å². The fourth-order valence-electron chi connectivity index (χ4n) is 2.27. The quantitative estimate of drug-likeness (QED) is 0.878. The van der Waals surface area contributed by atoms with Gasteiger partial charge in [0.1, 0.15) is 0 Å². The summed E-state index contributed by atoms with van der Waals surface area (Å²) < 4.78 is 1.64. The SMILES string of the molecule is CC(C)c1ccn(C2(C(=O)O)CCNCC2)n1.Cl. The fraction of sp³-hybridized carbons (Fsp3) is 0.667. The first-order valence-electron chi connectivity index (χ1n) is 6.06. The van der Waals surface area contributed by atoms with Crippen LogP contribution in [0.15, 0.2) is 12.3 Å². The third-order valence-electron chi connectivity index (χ3n) is 3.47. The molecular formula is C12H20ClN3O2. The lowest BCUT2D eigenvalue weighted by molar-refractivity contribution is -0.149. The summed E-state index contributed by atoms with van der Waals surface area (Å²) >= 11 is 0. The maximum absolute atomic E-state index is 11.6. The molecular weight excluding hydrogens is 254 g/mol. The van der Waals surface area contributed by atoms with Gasteiger partial charge in [-0.25, -0.2) is 4.79 Å². The van der Waals surface area contributed by atoms with E-state index in [0.29, 0.717) is 18.8 Å². The molecule has 1 fully saturated rings. The molecule has 0 amide bonds. The Kier molecular flexibility index (Phi) is 4.76. The van der Waals surface area contributed by atoms with Crippen LogP contribution in [0.3, 0.4) is 0 Å². The van der Waals surface area contributed by atoms with Gasteiger partial charge in [0.05, 0.1) is 5.69 Å². The first-order valence-corrected chi connectivity index (χ1v) is 6.06. The highest BCUT2D eigenvalue weighted by atomic mass is 35.5. The van der Waals surface area contributed by atoms with Crippen molar-refractivity contribution in [1.29, 1.82) is 0 Å². The second kappa shape index (κ2) is 5.71. The van der Waals surface area contributed by atoms with E-state index in [4.69, 9.17) is 0 Å². The van der Waals surface area contributed by atoms with E-state index >= 15 is 0 Å². The molecule has 18 heavy (non-hydrogen) atoms. The van der Waals surface area contributed by atoms with E-state index in [-0.39, 0.29) is 12.4 Å². The molecule has 2 heterocycles. The summed E-state index contributed by atoms with van der Waals surface area (Å²) in [6, 6.07) is 1.91. The standard InChI is InChI=1S/C12H19N3O2.ClH/c1-9(2)10-3-8-15(14-10)12(11(16)17)4-6-13-7-5-12;/h3,8-9,13H,4-7H2,1-2H3,(H,16,17);1H. The van der Waals surface area contributed by atoms with E-state index < -0.39 is 11.5 Å². The highest BCUT2D eigenvalue weighted by Crippen LogP contribution is 2.28. The normalized spacial score (nSPS) is 18.4. The van der Waals surface area contributed by atoms with E-state index in [1.807, 2.05) is 6.07 Å². The van der Waals surface area contributed by atoms with Crippen LogP contribution in [0.5, 0.6) is 0 Å². The van der Waals surface area contributed by atoms with Gasteiger partial charge >= 0.3 is 5.97 Å². The Bertz CT molecular complexity index is 411. The first-order chi connectivity index (χ1) is 8.06. The van der Waals surface area contributed by atoms with Gasteiger partial charge in [-0.3, -0.25) is 4.68 Å². The van der Waals surface area contributed by atoms with Crippen molar-refractivity contribution in [2.45, 2.75) is 38.1 Å². The van der Waals surface area contributed by atoms with Crippen LogP contribution in [-0.4, -0.2) is 33.9 Å². The summed E-state index contributed by atoms with van der Waals surface area (Å²) in [6.45, 7) is 5.57. The number of aromatic nitrogens is 2. The molecule has 0 atom stereocenters. The molecule has 1 aliphatic heterocycles. The van der Waals surface area contributed by atoms with Crippen LogP contribution in [-0.2, 0) is 10.3 Å². The van der Waals surface area contributed by atoms with Crippen molar-refractivity contribution in [3.63, 3.8) is 0 Å². The van der Waals surface area contributed by atoms with Gasteiger partial charge < -0.3 is 10.4 Å². The number of carboxylic acids is 1. The maximum Gasteiger partial charge on any atom is 0.331 e. The number of nitrogens with one attached hydrogen (secondary N) is 1. The molecule has 2 rings (SSSR count). The molecule has 1 aromatic heterocycles. The van der Waals surface area contributed by atoms with Crippen LogP contribution < -0.4 is 5.32 Å². The lowest BCUT2D eigenvalue weighted by Gasteiger charge is -2.33. The molecule has 0 spiro atoms. The smallest absolute Gasteiger partial charge is 0.331 e. The van der Waals surface area contributed by atoms with Crippen LogP contribution in [0.1, 0.15) is 38.3 Å². The summed E-state index contributed by atoms with van der Waals surface area (Å²) in [7, 11) is 0. The zero-order valence-corrected chi connectivity index (χ0v) is 11.5. The predicted octanol–water partition coefficient (Wildman–Crippen LogP) is 1.59. The summed E-state index contributed by atoms with van der Waals surface area (Å²) in [5.74, 6) is -0.457. The van der Waals surface area contributed by atoms with Gasteiger partial charge in [0, 0.05) is 6.20 Å². The molecule has 0 unspecified atom stereocenters. The van der Waals surface area contributed by atoms with Gasteiger partial charge in [-0.1, -0.05) is 13.8 Å². The molecule has 6 heteroatoms. The summed E-state index contributed by atoms with van der Waals surface area (Å²) in [5.41, 5.74) is 0.0856. The summed E-state index contributed by atoms with van der Waals surface area (Å²) in [5, 5.41) is 17.1. The second-order valence-electron chi connectivity index (χ2n) is 4.93. The third kappa shape index (κ3) is 2.52. The summed E-state index contributed by atoms with van der Waals surface area (Å²) in [4.78, 5) is 11.6. The lowest BCUT2D eigenvalue weighted by Crippen LogP contribution is -2.50. The molecule has 0 aliphatic carbocycles. The van der Waals surface area contributed by atoms with Gasteiger partial charge in [-0.15, -0.1) is 12.4 Å². The molecule has 5 nitrogen and oxygen atoms in total. The average Bonchev–Trinajstić information content (AvgIpc) is 2.79. The van der Waals surface area contributed by atoms with Crippen molar-refractivity contribution in [2.24, 2.45) is 0 Å².